The summed E-state index contributed by atoms with van der Waals surface area (Å²) in [5.74, 6) is 0.607. The zero-order chi connectivity index (χ0) is 11.3. The number of ether oxygens (including phenoxy) is 1. The molecule has 0 amide bonds. The van der Waals surface area contributed by atoms with Gasteiger partial charge in [0.1, 0.15) is 5.82 Å². The van der Waals surface area contributed by atoms with Gasteiger partial charge in [-0.2, -0.15) is 0 Å². The van der Waals surface area contributed by atoms with E-state index in [1.807, 2.05) is 24.1 Å². The Morgan fingerprint density at radius 2 is 2.40 bits per heavy atom. The highest BCUT2D eigenvalue weighted by molar-refractivity contribution is 9.10. The molecule has 0 atom stereocenters. The summed E-state index contributed by atoms with van der Waals surface area (Å²) in [7, 11) is 3.27. The van der Waals surface area contributed by atoms with Gasteiger partial charge in [0.05, 0.1) is 18.0 Å². The Morgan fingerprint density at radius 3 is 3.00 bits per heavy atom. The lowest BCUT2D eigenvalue weighted by atomic mass is 10.3. The summed E-state index contributed by atoms with van der Waals surface area (Å²) in [6, 6.07) is 3.76. The van der Waals surface area contributed by atoms with Gasteiger partial charge in [-0.1, -0.05) is 0 Å². The molecule has 0 unspecified atom stereocenters. The van der Waals surface area contributed by atoms with Crippen molar-refractivity contribution in [2.24, 2.45) is 0 Å². The molecule has 1 aromatic heterocycles. The van der Waals surface area contributed by atoms with Gasteiger partial charge < -0.3 is 9.64 Å². The van der Waals surface area contributed by atoms with E-state index in [0.717, 1.165) is 10.3 Å². The molecule has 1 rings (SSSR count). The summed E-state index contributed by atoms with van der Waals surface area (Å²) in [5, 5.41) is 0. The predicted molar refractivity (Wildman–Crippen MR) is 61.8 cm³/mol. The van der Waals surface area contributed by atoms with Crippen molar-refractivity contribution in [3.8, 4) is 0 Å². The summed E-state index contributed by atoms with van der Waals surface area (Å²) in [5.41, 5.74) is 0. The van der Waals surface area contributed by atoms with E-state index in [-0.39, 0.29) is 5.97 Å². The first kappa shape index (κ1) is 12.0. The largest absolute Gasteiger partial charge is 0.469 e. The molecule has 0 spiro atoms. The Morgan fingerprint density at radius 1 is 1.67 bits per heavy atom. The van der Waals surface area contributed by atoms with Crippen LogP contribution in [0.25, 0.3) is 0 Å². The maximum Gasteiger partial charge on any atom is 0.307 e. The molecule has 0 aliphatic heterocycles. The van der Waals surface area contributed by atoms with Gasteiger partial charge in [-0.3, -0.25) is 4.79 Å². The number of rotatable bonds is 4. The Labute approximate surface area is 97.4 Å². The van der Waals surface area contributed by atoms with Crippen molar-refractivity contribution >= 4 is 27.7 Å². The van der Waals surface area contributed by atoms with Crippen molar-refractivity contribution in [2.45, 2.75) is 6.42 Å². The van der Waals surface area contributed by atoms with Crippen LogP contribution < -0.4 is 4.90 Å². The Balaban J connectivity index is 2.57. The Bertz CT molecular complexity index is 344. The van der Waals surface area contributed by atoms with Gasteiger partial charge in [-0.15, -0.1) is 0 Å². The van der Waals surface area contributed by atoms with Gasteiger partial charge in [0.15, 0.2) is 0 Å². The molecular weight excluding hydrogens is 260 g/mol. The van der Waals surface area contributed by atoms with E-state index in [4.69, 9.17) is 0 Å². The first-order valence-corrected chi connectivity index (χ1v) is 5.33. The molecule has 0 saturated heterocycles. The molecule has 0 saturated carbocycles. The van der Waals surface area contributed by atoms with Crippen LogP contribution >= 0.6 is 15.9 Å². The molecule has 15 heavy (non-hydrogen) atoms. The van der Waals surface area contributed by atoms with E-state index in [1.54, 1.807) is 6.20 Å². The van der Waals surface area contributed by atoms with Crippen LogP contribution in [0.1, 0.15) is 6.42 Å². The van der Waals surface area contributed by atoms with E-state index in [0.29, 0.717) is 13.0 Å². The van der Waals surface area contributed by atoms with Crippen LogP contribution in [0.3, 0.4) is 0 Å². The van der Waals surface area contributed by atoms with Crippen molar-refractivity contribution in [3.05, 3.63) is 22.8 Å². The first-order chi connectivity index (χ1) is 7.15. The molecule has 1 aromatic rings. The molecule has 0 fully saturated rings. The van der Waals surface area contributed by atoms with E-state index in [1.165, 1.54) is 7.11 Å². The van der Waals surface area contributed by atoms with Crippen molar-refractivity contribution < 1.29 is 9.53 Å². The third kappa shape index (κ3) is 3.51. The van der Waals surface area contributed by atoms with Crippen LogP contribution in [0.15, 0.2) is 22.8 Å². The number of esters is 1. The van der Waals surface area contributed by atoms with Crippen LogP contribution in [0, 0.1) is 0 Å². The highest BCUT2D eigenvalue weighted by Crippen LogP contribution is 2.21. The lowest BCUT2D eigenvalue weighted by Gasteiger charge is -2.18. The fourth-order valence-corrected chi connectivity index (χ4v) is 1.68. The minimum atomic E-state index is -0.214. The second-order valence-corrected chi connectivity index (χ2v) is 3.91. The van der Waals surface area contributed by atoms with Crippen molar-refractivity contribution in [3.63, 3.8) is 0 Å². The van der Waals surface area contributed by atoms with E-state index in [2.05, 4.69) is 25.7 Å². The highest BCUT2D eigenvalue weighted by atomic mass is 79.9. The van der Waals surface area contributed by atoms with Gasteiger partial charge in [0, 0.05) is 19.8 Å². The lowest BCUT2D eigenvalue weighted by molar-refractivity contribution is -0.140. The lowest BCUT2D eigenvalue weighted by Crippen LogP contribution is -2.22. The third-order valence-electron chi connectivity index (χ3n) is 1.98. The number of nitrogens with zero attached hydrogens (tertiary/aromatic N) is 2. The zero-order valence-electron chi connectivity index (χ0n) is 8.74. The number of methoxy groups -OCH3 is 1. The third-order valence-corrected chi connectivity index (χ3v) is 2.60. The second-order valence-electron chi connectivity index (χ2n) is 3.06. The number of aromatic nitrogens is 1. The number of carbonyl (C=O) groups is 1. The molecule has 0 bridgehead atoms. The zero-order valence-corrected chi connectivity index (χ0v) is 10.3. The molecular formula is C10H13BrN2O2. The van der Waals surface area contributed by atoms with E-state index in [9.17, 15) is 4.79 Å². The predicted octanol–water partition coefficient (Wildman–Crippen LogP) is 1.84. The Kier molecular flexibility index (Phi) is 4.55. The summed E-state index contributed by atoms with van der Waals surface area (Å²) in [4.78, 5) is 17.1. The molecule has 0 aliphatic rings. The average molecular weight is 273 g/mol. The second kappa shape index (κ2) is 5.70. The van der Waals surface area contributed by atoms with E-state index >= 15 is 0 Å². The van der Waals surface area contributed by atoms with Gasteiger partial charge in [0.2, 0.25) is 0 Å². The van der Waals surface area contributed by atoms with E-state index < -0.39 is 0 Å². The van der Waals surface area contributed by atoms with Crippen LogP contribution in [0.5, 0.6) is 0 Å². The quantitative estimate of drug-likeness (QED) is 0.785. The fourth-order valence-electron chi connectivity index (χ4n) is 1.13. The van der Waals surface area contributed by atoms with Crippen molar-refractivity contribution in [1.82, 2.24) is 4.98 Å². The van der Waals surface area contributed by atoms with Crippen LogP contribution in [-0.2, 0) is 9.53 Å². The number of pyridine rings is 1. The van der Waals surface area contributed by atoms with Gasteiger partial charge in [-0.25, -0.2) is 4.98 Å². The minimum Gasteiger partial charge on any atom is -0.469 e. The fraction of sp³-hybridized carbons (Fsp3) is 0.400. The molecule has 0 aromatic carbocycles. The first-order valence-electron chi connectivity index (χ1n) is 4.53. The van der Waals surface area contributed by atoms with Crippen molar-refractivity contribution in [2.75, 3.05) is 25.6 Å². The SMILES string of the molecule is COC(=O)CCN(C)c1ncccc1Br. The molecule has 1 heterocycles. The molecule has 82 valence electrons. The normalized spacial score (nSPS) is 9.80. The minimum absolute atomic E-state index is 0.214. The number of anilines is 1. The standard InChI is InChI=1S/C10H13BrN2O2/c1-13(7-5-9(14)15-2)10-8(11)4-3-6-12-10/h3-4,6H,5,7H2,1-2H3. The summed E-state index contributed by atoms with van der Waals surface area (Å²) in [6.45, 7) is 0.586. The Hall–Kier alpha value is -1.10. The summed E-state index contributed by atoms with van der Waals surface area (Å²) < 4.78 is 5.48. The molecule has 0 radical (unpaired) electrons. The van der Waals surface area contributed by atoms with Crippen molar-refractivity contribution in [1.29, 1.82) is 0 Å². The number of halogens is 1. The maximum atomic E-state index is 11.0. The molecule has 0 aliphatic carbocycles. The average Bonchev–Trinajstić information content (AvgIpc) is 2.26. The number of carbonyl (C=O) groups excluding carboxylic acids is 1. The molecule has 5 heteroatoms. The van der Waals surface area contributed by atoms with Gasteiger partial charge in [-0.05, 0) is 28.1 Å². The maximum absolute atomic E-state index is 11.0. The summed E-state index contributed by atoms with van der Waals surface area (Å²) in [6.07, 6.45) is 2.07. The summed E-state index contributed by atoms with van der Waals surface area (Å²) >= 11 is 3.40. The highest BCUT2D eigenvalue weighted by Gasteiger charge is 2.08. The number of hydrogen-bond donors (Lipinski definition) is 0. The smallest absolute Gasteiger partial charge is 0.307 e. The van der Waals surface area contributed by atoms with Gasteiger partial charge >= 0.3 is 5.97 Å². The van der Waals surface area contributed by atoms with Crippen LogP contribution in [0.2, 0.25) is 0 Å². The number of hydrogen-bond acceptors (Lipinski definition) is 4. The topological polar surface area (TPSA) is 42.4 Å². The van der Waals surface area contributed by atoms with Gasteiger partial charge in [0.25, 0.3) is 0 Å². The molecule has 4 nitrogen and oxygen atoms in total. The van der Waals surface area contributed by atoms with Crippen LogP contribution in [-0.4, -0.2) is 31.7 Å². The monoisotopic (exact) mass is 272 g/mol. The molecule has 0 N–H and O–H groups in total. The van der Waals surface area contributed by atoms with Crippen LogP contribution in [0.4, 0.5) is 5.82 Å².